The lowest BCUT2D eigenvalue weighted by Gasteiger charge is -2.30. The predicted octanol–water partition coefficient (Wildman–Crippen LogP) is 2.53. The predicted molar refractivity (Wildman–Crippen MR) is 88.8 cm³/mol. The van der Waals surface area contributed by atoms with Gasteiger partial charge in [-0.25, -0.2) is 0 Å². The van der Waals surface area contributed by atoms with Gasteiger partial charge in [-0.05, 0) is 38.0 Å². The van der Waals surface area contributed by atoms with Crippen molar-refractivity contribution in [2.45, 2.75) is 45.4 Å². The zero-order chi connectivity index (χ0) is 16.1. The van der Waals surface area contributed by atoms with E-state index in [4.69, 9.17) is 11.6 Å². The molecule has 1 unspecified atom stereocenters. The first kappa shape index (κ1) is 17.3. The fourth-order valence-corrected chi connectivity index (χ4v) is 3.02. The van der Waals surface area contributed by atoms with Crippen molar-refractivity contribution in [3.05, 3.63) is 34.9 Å². The highest BCUT2D eigenvalue weighted by Crippen LogP contribution is 2.15. The lowest BCUT2D eigenvalue weighted by Crippen LogP contribution is -2.42. The minimum absolute atomic E-state index is 0.157. The van der Waals surface area contributed by atoms with E-state index < -0.39 is 6.10 Å². The Morgan fingerprint density at radius 2 is 2.18 bits per heavy atom. The maximum atomic E-state index is 11.6. The summed E-state index contributed by atoms with van der Waals surface area (Å²) in [6.07, 6.45) is 0.995. The van der Waals surface area contributed by atoms with E-state index >= 15 is 0 Å². The number of rotatable bonds is 7. The zero-order valence-corrected chi connectivity index (χ0v) is 14.1. The first-order valence-electron chi connectivity index (χ1n) is 7.90. The molecule has 0 radical (unpaired) electrons. The lowest BCUT2D eigenvalue weighted by atomic mass is 10.1. The number of benzene rings is 1. The molecule has 0 aromatic heterocycles. The van der Waals surface area contributed by atoms with E-state index in [0.717, 1.165) is 30.1 Å². The number of hydrogen-bond acceptors (Lipinski definition) is 3. The van der Waals surface area contributed by atoms with Crippen LogP contribution in [0.2, 0.25) is 5.02 Å². The molecular formula is C17H25ClN2O2. The summed E-state index contributed by atoms with van der Waals surface area (Å²) in [7, 11) is 0. The van der Waals surface area contributed by atoms with Gasteiger partial charge in [-0.2, -0.15) is 0 Å². The van der Waals surface area contributed by atoms with Crippen molar-refractivity contribution >= 4 is 17.5 Å². The maximum absolute atomic E-state index is 11.6. The van der Waals surface area contributed by atoms with E-state index in [1.165, 1.54) is 0 Å². The van der Waals surface area contributed by atoms with Gasteiger partial charge in [0, 0.05) is 43.7 Å². The minimum atomic E-state index is -0.524. The van der Waals surface area contributed by atoms with Crippen LogP contribution in [0.5, 0.6) is 0 Å². The Balaban J connectivity index is 1.92. The normalized spacial score (nSPS) is 16.8. The molecule has 1 aromatic carbocycles. The number of nitrogens with zero attached hydrogens (tertiary/aromatic N) is 2. The van der Waals surface area contributed by atoms with Crippen molar-refractivity contribution in [1.29, 1.82) is 0 Å². The van der Waals surface area contributed by atoms with Gasteiger partial charge in [-0.3, -0.25) is 9.69 Å². The molecule has 1 saturated heterocycles. The third-order valence-electron chi connectivity index (χ3n) is 4.05. The third-order valence-corrected chi connectivity index (χ3v) is 4.29. The highest BCUT2D eigenvalue weighted by atomic mass is 35.5. The molecule has 0 aliphatic carbocycles. The molecule has 22 heavy (non-hydrogen) atoms. The smallest absolute Gasteiger partial charge is 0.222 e. The molecule has 0 saturated carbocycles. The Hall–Kier alpha value is -1.10. The van der Waals surface area contributed by atoms with Gasteiger partial charge in [0.15, 0.2) is 0 Å². The Bertz CT molecular complexity index is 507. The van der Waals surface area contributed by atoms with Crippen LogP contribution in [0.3, 0.4) is 0 Å². The summed E-state index contributed by atoms with van der Waals surface area (Å²) in [5, 5.41) is 11.0. The van der Waals surface area contributed by atoms with Gasteiger partial charge in [0.1, 0.15) is 0 Å². The van der Waals surface area contributed by atoms with Gasteiger partial charge < -0.3 is 10.0 Å². The zero-order valence-electron chi connectivity index (χ0n) is 13.3. The molecule has 1 heterocycles. The van der Waals surface area contributed by atoms with Crippen LogP contribution in [0.4, 0.5) is 0 Å². The molecule has 5 heteroatoms. The number of carbonyl (C=O) groups is 1. The van der Waals surface area contributed by atoms with Crippen molar-refractivity contribution in [3.63, 3.8) is 0 Å². The number of carbonyl (C=O) groups excluding carboxylic acids is 1. The first-order chi connectivity index (χ1) is 10.5. The molecule has 0 spiro atoms. The number of aliphatic hydroxyl groups excluding tert-OH is 1. The second kappa shape index (κ2) is 7.95. The van der Waals surface area contributed by atoms with Gasteiger partial charge in [0.05, 0.1) is 6.10 Å². The van der Waals surface area contributed by atoms with Gasteiger partial charge in [0.2, 0.25) is 5.91 Å². The van der Waals surface area contributed by atoms with Crippen LogP contribution in [0.15, 0.2) is 24.3 Å². The number of β-amino-alcohol motifs (C(OH)–C–C–N with tert-alkyl or cyclic N) is 1. The fraction of sp³-hybridized carbons (Fsp3) is 0.588. The molecular weight excluding hydrogens is 300 g/mol. The van der Waals surface area contributed by atoms with Crippen LogP contribution >= 0.6 is 11.6 Å². The average Bonchev–Trinajstić information content (AvgIpc) is 2.83. The standard InChI is InChI=1S/C17H25ClN2O2/c1-13(2)20(10-14-5-3-6-15(18)9-14)12-16(21)11-19-8-4-7-17(19)22/h3,5-6,9,13,16,21H,4,7-8,10-12H2,1-2H3. The number of likely N-dealkylation sites (tertiary alicyclic amines) is 1. The van der Waals surface area contributed by atoms with E-state index in [2.05, 4.69) is 18.7 Å². The molecule has 1 amide bonds. The monoisotopic (exact) mass is 324 g/mol. The van der Waals surface area contributed by atoms with Crippen LogP contribution in [0.1, 0.15) is 32.3 Å². The average molecular weight is 325 g/mol. The number of aliphatic hydroxyl groups is 1. The molecule has 1 aliphatic rings. The van der Waals surface area contributed by atoms with Crippen molar-refractivity contribution < 1.29 is 9.90 Å². The molecule has 2 rings (SSSR count). The second-order valence-corrected chi connectivity index (χ2v) is 6.69. The van der Waals surface area contributed by atoms with Crippen molar-refractivity contribution in [3.8, 4) is 0 Å². The lowest BCUT2D eigenvalue weighted by molar-refractivity contribution is -0.129. The van der Waals surface area contributed by atoms with Gasteiger partial charge in [-0.15, -0.1) is 0 Å². The summed E-state index contributed by atoms with van der Waals surface area (Å²) in [6, 6.07) is 8.10. The summed E-state index contributed by atoms with van der Waals surface area (Å²) in [6.45, 7) is 6.71. The highest BCUT2D eigenvalue weighted by molar-refractivity contribution is 6.30. The number of amides is 1. The second-order valence-electron chi connectivity index (χ2n) is 6.25. The first-order valence-corrected chi connectivity index (χ1v) is 8.28. The van der Waals surface area contributed by atoms with Crippen LogP contribution in [-0.4, -0.2) is 52.6 Å². The summed E-state index contributed by atoms with van der Waals surface area (Å²) < 4.78 is 0. The van der Waals surface area contributed by atoms with Crippen molar-refractivity contribution in [1.82, 2.24) is 9.80 Å². The molecule has 4 nitrogen and oxygen atoms in total. The van der Waals surface area contributed by atoms with Crippen LogP contribution in [0, 0.1) is 0 Å². The largest absolute Gasteiger partial charge is 0.390 e. The van der Waals surface area contributed by atoms with Crippen LogP contribution in [0.25, 0.3) is 0 Å². The molecule has 122 valence electrons. The molecule has 1 atom stereocenters. The van der Waals surface area contributed by atoms with Crippen LogP contribution < -0.4 is 0 Å². The fourth-order valence-electron chi connectivity index (χ4n) is 2.81. The Labute approximate surface area is 137 Å². The number of hydrogen-bond donors (Lipinski definition) is 1. The van der Waals surface area contributed by atoms with Gasteiger partial charge in [-0.1, -0.05) is 23.7 Å². The summed E-state index contributed by atoms with van der Waals surface area (Å²) in [5.41, 5.74) is 1.13. The van der Waals surface area contributed by atoms with Gasteiger partial charge >= 0.3 is 0 Å². The molecule has 0 bridgehead atoms. The molecule has 1 aromatic rings. The van der Waals surface area contributed by atoms with E-state index in [0.29, 0.717) is 25.6 Å². The third kappa shape index (κ3) is 4.97. The molecule has 1 aliphatic heterocycles. The number of halogens is 1. The van der Waals surface area contributed by atoms with Gasteiger partial charge in [0.25, 0.3) is 0 Å². The highest BCUT2D eigenvalue weighted by Gasteiger charge is 2.24. The van der Waals surface area contributed by atoms with E-state index in [-0.39, 0.29) is 5.91 Å². The SMILES string of the molecule is CC(C)N(Cc1cccc(Cl)c1)CC(O)CN1CCCC1=O. The Kier molecular flexibility index (Phi) is 6.24. The Morgan fingerprint density at radius 1 is 1.41 bits per heavy atom. The quantitative estimate of drug-likeness (QED) is 0.838. The maximum Gasteiger partial charge on any atom is 0.222 e. The Morgan fingerprint density at radius 3 is 2.77 bits per heavy atom. The van der Waals surface area contributed by atoms with Crippen LogP contribution in [-0.2, 0) is 11.3 Å². The van der Waals surface area contributed by atoms with E-state index in [1.54, 1.807) is 4.90 Å². The van der Waals surface area contributed by atoms with E-state index in [1.807, 2.05) is 24.3 Å². The van der Waals surface area contributed by atoms with E-state index in [9.17, 15) is 9.90 Å². The summed E-state index contributed by atoms with van der Waals surface area (Å²) >= 11 is 6.03. The topological polar surface area (TPSA) is 43.8 Å². The molecule has 1 N–H and O–H groups in total. The minimum Gasteiger partial charge on any atom is -0.390 e. The van der Waals surface area contributed by atoms with Crippen molar-refractivity contribution in [2.24, 2.45) is 0 Å². The molecule has 1 fully saturated rings. The summed E-state index contributed by atoms with van der Waals surface area (Å²) in [4.78, 5) is 15.6. The summed E-state index contributed by atoms with van der Waals surface area (Å²) in [5.74, 6) is 0.157. The van der Waals surface area contributed by atoms with Crippen molar-refractivity contribution in [2.75, 3.05) is 19.6 Å².